The zero-order valence-electron chi connectivity index (χ0n) is 13.1. The van der Waals surface area contributed by atoms with Gasteiger partial charge in [-0.25, -0.2) is 0 Å². The predicted molar refractivity (Wildman–Crippen MR) is 93.9 cm³/mol. The summed E-state index contributed by atoms with van der Waals surface area (Å²) in [4.78, 5) is 14.4. The normalized spacial score (nSPS) is 12.8. The number of hydrogen-bond acceptors (Lipinski definition) is 3. The average Bonchev–Trinajstić information content (AvgIpc) is 2.61. The highest BCUT2D eigenvalue weighted by Gasteiger charge is 2.22. The molecule has 1 heterocycles. The lowest BCUT2D eigenvalue weighted by atomic mass is 10.1. The number of ether oxygens (including phenoxy) is 1. The molecule has 1 aliphatic heterocycles. The first-order valence-corrected chi connectivity index (χ1v) is 8.12. The quantitative estimate of drug-likeness (QED) is 0.907. The molecule has 24 heavy (non-hydrogen) atoms. The Morgan fingerprint density at radius 2 is 2.00 bits per heavy atom. The van der Waals surface area contributed by atoms with Crippen molar-refractivity contribution in [1.82, 2.24) is 4.90 Å². The minimum atomic E-state index is -0.140. The van der Waals surface area contributed by atoms with Crippen LogP contribution in [0.5, 0.6) is 5.75 Å². The predicted octanol–water partition coefficient (Wildman–Crippen LogP) is 3.14. The second-order valence-electron chi connectivity index (χ2n) is 5.58. The maximum absolute atomic E-state index is 12.8. The van der Waals surface area contributed by atoms with E-state index >= 15 is 0 Å². The fourth-order valence-corrected chi connectivity index (χ4v) is 2.83. The molecule has 4 nitrogen and oxygen atoms in total. The minimum Gasteiger partial charge on any atom is -0.488 e. The van der Waals surface area contributed by atoms with Crippen LogP contribution in [-0.4, -0.2) is 35.7 Å². The highest BCUT2D eigenvalue weighted by Crippen LogP contribution is 2.29. The molecule has 5 heteroatoms. The van der Waals surface area contributed by atoms with Crippen LogP contribution >= 0.6 is 11.6 Å². The lowest BCUT2D eigenvalue weighted by Gasteiger charge is -2.25. The summed E-state index contributed by atoms with van der Waals surface area (Å²) in [6.45, 7) is 0.840. The van der Waals surface area contributed by atoms with Gasteiger partial charge in [-0.05, 0) is 29.8 Å². The SMILES string of the molecule is O=C(C1=Cc2cc(Cl)ccc2OC1)N(CCO)Cc1ccccc1. The largest absolute Gasteiger partial charge is 0.488 e. The van der Waals surface area contributed by atoms with Gasteiger partial charge in [0.25, 0.3) is 5.91 Å². The molecule has 1 N–H and O–H groups in total. The molecule has 0 aliphatic carbocycles. The summed E-state index contributed by atoms with van der Waals surface area (Å²) < 4.78 is 5.65. The summed E-state index contributed by atoms with van der Waals surface area (Å²) in [5.74, 6) is 0.575. The molecule has 0 bridgehead atoms. The van der Waals surface area contributed by atoms with E-state index in [1.165, 1.54) is 0 Å². The van der Waals surface area contributed by atoms with Gasteiger partial charge < -0.3 is 14.7 Å². The monoisotopic (exact) mass is 343 g/mol. The Bertz CT molecular complexity index is 758. The lowest BCUT2D eigenvalue weighted by molar-refractivity contribution is -0.128. The van der Waals surface area contributed by atoms with Gasteiger partial charge in [0.1, 0.15) is 12.4 Å². The van der Waals surface area contributed by atoms with Gasteiger partial charge in [-0.2, -0.15) is 0 Å². The number of aliphatic hydroxyl groups excluding tert-OH is 1. The first kappa shape index (κ1) is 16.6. The zero-order chi connectivity index (χ0) is 16.9. The van der Waals surface area contributed by atoms with E-state index in [4.69, 9.17) is 16.3 Å². The van der Waals surface area contributed by atoms with E-state index in [0.717, 1.165) is 11.1 Å². The maximum Gasteiger partial charge on any atom is 0.253 e. The van der Waals surface area contributed by atoms with Gasteiger partial charge in [0.2, 0.25) is 0 Å². The van der Waals surface area contributed by atoms with Crippen LogP contribution in [0.25, 0.3) is 6.08 Å². The molecule has 0 fully saturated rings. The molecule has 0 radical (unpaired) electrons. The Balaban J connectivity index is 1.82. The Hall–Kier alpha value is -2.30. The molecule has 3 rings (SSSR count). The van der Waals surface area contributed by atoms with Crippen LogP contribution < -0.4 is 4.74 Å². The van der Waals surface area contributed by atoms with E-state index < -0.39 is 0 Å². The van der Waals surface area contributed by atoms with Crippen molar-refractivity contribution in [1.29, 1.82) is 0 Å². The minimum absolute atomic E-state index is 0.0882. The Morgan fingerprint density at radius 3 is 2.75 bits per heavy atom. The summed E-state index contributed by atoms with van der Waals surface area (Å²) in [5, 5.41) is 9.89. The summed E-state index contributed by atoms with van der Waals surface area (Å²) in [7, 11) is 0. The number of carbonyl (C=O) groups is 1. The third-order valence-electron chi connectivity index (χ3n) is 3.83. The van der Waals surface area contributed by atoms with Crippen molar-refractivity contribution >= 4 is 23.6 Å². The number of fused-ring (bicyclic) bond motifs is 1. The fourth-order valence-electron chi connectivity index (χ4n) is 2.65. The van der Waals surface area contributed by atoms with E-state index in [9.17, 15) is 9.90 Å². The van der Waals surface area contributed by atoms with E-state index in [0.29, 0.717) is 22.9 Å². The highest BCUT2D eigenvalue weighted by molar-refractivity contribution is 6.30. The number of benzene rings is 2. The topological polar surface area (TPSA) is 49.8 Å². The fraction of sp³-hybridized carbons (Fsp3) is 0.211. The van der Waals surface area contributed by atoms with Gasteiger partial charge in [0, 0.05) is 23.7 Å². The number of amides is 1. The van der Waals surface area contributed by atoms with Gasteiger partial charge in [-0.15, -0.1) is 0 Å². The van der Waals surface area contributed by atoms with Crippen molar-refractivity contribution in [3.05, 3.63) is 70.3 Å². The van der Waals surface area contributed by atoms with Gasteiger partial charge in [-0.1, -0.05) is 41.9 Å². The Kier molecular flexibility index (Phi) is 5.18. The second-order valence-corrected chi connectivity index (χ2v) is 6.01. The van der Waals surface area contributed by atoms with Gasteiger partial charge >= 0.3 is 0 Å². The first-order chi connectivity index (χ1) is 11.7. The molecule has 0 unspecified atom stereocenters. The molecule has 2 aromatic carbocycles. The summed E-state index contributed by atoms with van der Waals surface area (Å²) >= 11 is 6.01. The number of halogens is 1. The van der Waals surface area contributed by atoms with Crippen molar-refractivity contribution < 1.29 is 14.6 Å². The van der Waals surface area contributed by atoms with Crippen molar-refractivity contribution in [3.8, 4) is 5.75 Å². The zero-order valence-corrected chi connectivity index (χ0v) is 13.9. The van der Waals surface area contributed by atoms with Crippen molar-refractivity contribution in [2.24, 2.45) is 0 Å². The maximum atomic E-state index is 12.8. The number of aliphatic hydroxyl groups is 1. The Labute approximate surface area is 145 Å². The Morgan fingerprint density at radius 1 is 1.21 bits per heavy atom. The number of hydrogen-bond donors (Lipinski definition) is 1. The second kappa shape index (κ2) is 7.51. The molecule has 0 aromatic heterocycles. The molecule has 0 saturated carbocycles. The number of nitrogens with zero attached hydrogens (tertiary/aromatic N) is 1. The van der Waals surface area contributed by atoms with Gasteiger partial charge in [-0.3, -0.25) is 4.79 Å². The van der Waals surface area contributed by atoms with Crippen LogP contribution in [0.15, 0.2) is 54.1 Å². The van der Waals surface area contributed by atoms with E-state index in [1.807, 2.05) is 36.4 Å². The molecule has 1 aliphatic rings. The molecular formula is C19H18ClNO3. The average molecular weight is 344 g/mol. The standard InChI is InChI=1S/C19H18ClNO3/c20-17-6-7-18-15(11-17)10-16(13-24-18)19(23)21(8-9-22)12-14-4-2-1-3-5-14/h1-7,10-11,22H,8-9,12-13H2. The van der Waals surface area contributed by atoms with Crippen LogP contribution in [-0.2, 0) is 11.3 Å². The van der Waals surface area contributed by atoms with Crippen LogP contribution in [0.4, 0.5) is 0 Å². The molecule has 124 valence electrons. The van der Waals surface area contributed by atoms with Crippen molar-refractivity contribution in [2.45, 2.75) is 6.54 Å². The van der Waals surface area contributed by atoms with Crippen molar-refractivity contribution in [3.63, 3.8) is 0 Å². The van der Waals surface area contributed by atoms with Crippen LogP contribution in [0, 0.1) is 0 Å². The smallest absolute Gasteiger partial charge is 0.253 e. The molecule has 1 amide bonds. The summed E-state index contributed by atoms with van der Waals surface area (Å²) in [5.41, 5.74) is 2.36. The van der Waals surface area contributed by atoms with Gasteiger partial charge in [0.05, 0.1) is 12.2 Å². The third-order valence-corrected chi connectivity index (χ3v) is 4.07. The summed E-state index contributed by atoms with van der Waals surface area (Å²) in [6.07, 6.45) is 1.81. The third kappa shape index (κ3) is 3.78. The van der Waals surface area contributed by atoms with E-state index in [-0.39, 0.29) is 25.7 Å². The first-order valence-electron chi connectivity index (χ1n) is 7.74. The molecule has 0 saturated heterocycles. The number of carbonyl (C=O) groups excluding carboxylic acids is 1. The highest BCUT2D eigenvalue weighted by atomic mass is 35.5. The van der Waals surface area contributed by atoms with E-state index in [1.54, 1.807) is 23.1 Å². The molecule has 2 aromatic rings. The van der Waals surface area contributed by atoms with Crippen LogP contribution in [0.1, 0.15) is 11.1 Å². The lowest BCUT2D eigenvalue weighted by Crippen LogP contribution is -2.36. The summed E-state index contributed by atoms with van der Waals surface area (Å²) in [6, 6.07) is 15.0. The van der Waals surface area contributed by atoms with Crippen LogP contribution in [0.3, 0.4) is 0 Å². The molecular weight excluding hydrogens is 326 g/mol. The molecule has 0 spiro atoms. The van der Waals surface area contributed by atoms with Gasteiger partial charge in [0.15, 0.2) is 0 Å². The van der Waals surface area contributed by atoms with E-state index in [2.05, 4.69) is 0 Å². The van der Waals surface area contributed by atoms with Crippen molar-refractivity contribution in [2.75, 3.05) is 19.8 Å². The number of rotatable bonds is 5. The molecule has 0 atom stereocenters. The van der Waals surface area contributed by atoms with Crippen LogP contribution in [0.2, 0.25) is 5.02 Å².